The maximum atomic E-state index is 11.7. The highest BCUT2D eigenvalue weighted by atomic mass is 35.5. The number of hydrogen-bond donors (Lipinski definition) is 1. The monoisotopic (exact) mass is 231 g/mol. The Labute approximate surface area is 93.0 Å². The van der Waals surface area contributed by atoms with E-state index in [1.807, 2.05) is 39.0 Å². The van der Waals surface area contributed by atoms with Crippen molar-refractivity contribution in [1.82, 2.24) is 0 Å². The fraction of sp³-hybridized carbons (Fsp3) is 0.400. The number of halogens is 1. The highest BCUT2D eigenvalue weighted by molar-refractivity contribution is 7.94. The molecule has 0 aliphatic carbocycles. The summed E-state index contributed by atoms with van der Waals surface area (Å²) >= 11 is 4.79. The molecule has 1 atom stereocenters. The summed E-state index contributed by atoms with van der Waals surface area (Å²) in [6, 6.07) is 7.28. The fourth-order valence-corrected chi connectivity index (χ4v) is 1.72. The Hall–Kier alpha value is -0.380. The third kappa shape index (κ3) is 3.08. The Kier molecular flexibility index (Phi) is 3.70. The summed E-state index contributed by atoms with van der Waals surface area (Å²) in [6.45, 7) is 5.73. The lowest BCUT2D eigenvalue weighted by Gasteiger charge is -2.24. The van der Waals surface area contributed by atoms with Crippen molar-refractivity contribution in [3.63, 3.8) is 0 Å². The SMILES string of the molecule is CC(C)(C)[S+]([O-])Nc1ccccc1Cl. The normalized spacial score (nSPS) is 13.8. The lowest BCUT2D eigenvalue weighted by Crippen LogP contribution is -2.33. The molecule has 0 radical (unpaired) electrons. The van der Waals surface area contributed by atoms with E-state index >= 15 is 0 Å². The van der Waals surface area contributed by atoms with Gasteiger partial charge in [-0.1, -0.05) is 23.7 Å². The molecule has 0 bridgehead atoms. The molecule has 4 heteroatoms. The van der Waals surface area contributed by atoms with E-state index in [1.165, 1.54) is 0 Å². The van der Waals surface area contributed by atoms with Crippen LogP contribution in [0.5, 0.6) is 0 Å². The number of para-hydroxylation sites is 1. The van der Waals surface area contributed by atoms with Crippen LogP contribution in [0.1, 0.15) is 20.8 Å². The van der Waals surface area contributed by atoms with E-state index in [1.54, 1.807) is 6.07 Å². The summed E-state index contributed by atoms with van der Waals surface area (Å²) in [5.41, 5.74) is 0.711. The second-order valence-electron chi connectivity index (χ2n) is 3.96. The molecule has 78 valence electrons. The molecule has 0 heterocycles. The van der Waals surface area contributed by atoms with E-state index in [-0.39, 0.29) is 4.75 Å². The molecule has 0 saturated carbocycles. The molecular formula is C10H14ClNOS. The molecule has 1 unspecified atom stereocenters. The van der Waals surface area contributed by atoms with Crippen LogP contribution in [0.3, 0.4) is 0 Å². The lowest BCUT2D eigenvalue weighted by atomic mass is 10.3. The highest BCUT2D eigenvalue weighted by Gasteiger charge is 2.27. The topological polar surface area (TPSA) is 35.1 Å². The van der Waals surface area contributed by atoms with Gasteiger partial charge in [0, 0.05) is 0 Å². The minimum absolute atomic E-state index is 0.292. The van der Waals surface area contributed by atoms with E-state index in [2.05, 4.69) is 4.72 Å². The van der Waals surface area contributed by atoms with Crippen molar-refractivity contribution in [2.24, 2.45) is 0 Å². The second kappa shape index (κ2) is 4.43. The van der Waals surface area contributed by atoms with Gasteiger partial charge in [-0.25, -0.2) is 4.72 Å². The van der Waals surface area contributed by atoms with E-state index in [0.717, 1.165) is 0 Å². The second-order valence-corrected chi connectivity index (χ2v) is 6.34. The van der Waals surface area contributed by atoms with Gasteiger partial charge in [0.25, 0.3) is 0 Å². The van der Waals surface area contributed by atoms with E-state index in [4.69, 9.17) is 11.6 Å². The van der Waals surface area contributed by atoms with Crippen LogP contribution in [0.4, 0.5) is 5.69 Å². The molecule has 0 aliphatic rings. The summed E-state index contributed by atoms with van der Waals surface area (Å²) in [4.78, 5) is 0. The first kappa shape index (κ1) is 11.7. The van der Waals surface area contributed by atoms with Gasteiger partial charge in [0.1, 0.15) is 10.4 Å². The van der Waals surface area contributed by atoms with E-state index in [9.17, 15) is 4.55 Å². The minimum Gasteiger partial charge on any atom is -0.593 e. The zero-order valence-corrected chi connectivity index (χ0v) is 10.1. The first-order valence-electron chi connectivity index (χ1n) is 4.34. The van der Waals surface area contributed by atoms with Crippen LogP contribution < -0.4 is 4.72 Å². The molecule has 14 heavy (non-hydrogen) atoms. The van der Waals surface area contributed by atoms with Gasteiger partial charge < -0.3 is 4.55 Å². The molecule has 0 saturated heterocycles. The predicted octanol–water partition coefficient (Wildman–Crippen LogP) is 3.21. The van der Waals surface area contributed by atoms with Gasteiger partial charge in [-0.2, -0.15) is 0 Å². The van der Waals surface area contributed by atoms with Crippen molar-refractivity contribution in [3.8, 4) is 0 Å². The molecule has 2 nitrogen and oxygen atoms in total. The standard InChI is InChI=1S/C10H14ClNOS/c1-10(2,3)14(13)12-9-7-5-4-6-8(9)11/h4-7,12H,1-3H3. The highest BCUT2D eigenvalue weighted by Crippen LogP contribution is 2.25. The molecule has 1 aromatic rings. The van der Waals surface area contributed by atoms with Crippen molar-refractivity contribution in [1.29, 1.82) is 0 Å². The largest absolute Gasteiger partial charge is 0.593 e. The van der Waals surface area contributed by atoms with Crippen LogP contribution in [-0.2, 0) is 11.4 Å². The van der Waals surface area contributed by atoms with Gasteiger partial charge in [-0.05, 0) is 32.9 Å². The molecule has 0 aromatic heterocycles. The summed E-state index contributed by atoms with van der Waals surface area (Å²) in [5.74, 6) is 0. The zero-order valence-electron chi connectivity index (χ0n) is 8.50. The van der Waals surface area contributed by atoms with Gasteiger partial charge in [0.05, 0.1) is 16.4 Å². The number of rotatable bonds is 2. The predicted molar refractivity (Wildman–Crippen MR) is 63.0 cm³/mol. The Morgan fingerprint density at radius 1 is 1.29 bits per heavy atom. The van der Waals surface area contributed by atoms with Gasteiger partial charge in [-0.15, -0.1) is 0 Å². The van der Waals surface area contributed by atoms with Gasteiger partial charge in [-0.3, -0.25) is 0 Å². The molecule has 0 aliphatic heterocycles. The molecule has 0 spiro atoms. The van der Waals surface area contributed by atoms with Gasteiger partial charge >= 0.3 is 0 Å². The Morgan fingerprint density at radius 3 is 2.36 bits per heavy atom. The number of hydrogen-bond acceptors (Lipinski definition) is 2. The van der Waals surface area contributed by atoms with Gasteiger partial charge in [0.15, 0.2) is 0 Å². The fourth-order valence-electron chi connectivity index (χ4n) is 0.797. The zero-order chi connectivity index (χ0) is 10.8. The minimum atomic E-state index is -1.13. The van der Waals surface area contributed by atoms with Crippen molar-refractivity contribution in [3.05, 3.63) is 29.3 Å². The maximum Gasteiger partial charge on any atom is 0.142 e. The van der Waals surface area contributed by atoms with Crippen molar-refractivity contribution in [2.75, 3.05) is 4.72 Å². The Bertz CT molecular complexity index is 311. The average Bonchev–Trinajstić information content (AvgIpc) is 2.07. The van der Waals surface area contributed by atoms with E-state index in [0.29, 0.717) is 10.7 Å². The van der Waals surface area contributed by atoms with Crippen LogP contribution in [0, 0.1) is 0 Å². The van der Waals surface area contributed by atoms with Gasteiger partial charge in [0.2, 0.25) is 0 Å². The number of anilines is 1. The maximum absolute atomic E-state index is 11.7. The smallest absolute Gasteiger partial charge is 0.142 e. The van der Waals surface area contributed by atoms with E-state index < -0.39 is 11.4 Å². The summed E-state index contributed by atoms with van der Waals surface area (Å²) in [7, 11) is 0. The van der Waals surface area contributed by atoms with Crippen molar-refractivity contribution in [2.45, 2.75) is 25.5 Å². The molecule has 1 N–H and O–H groups in total. The van der Waals surface area contributed by atoms with Crippen molar-refractivity contribution >= 4 is 28.7 Å². The first-order valence-corrected chi connectivity index (χ1v) is 5.87. The third-order valence-electron chi connectivity index (χ3n) is 1.63. The lowest BCUT2D eigenvalue weighted by molar-refractivity contribution is 0.565. The van der Waals surface area contributed by atoms with Crippen LogP contribution >= 0.6 is 11.6 Å². The van der Waals surface area contributed by atoms with Crippen LogP contribution in [0.2, 0.25) is 5.02 Å². The molecule has 1 aromatic carbocycles. The Morgan fingerprint density at radius 2 is 1.86 bits per heavy atom. The van der Waals surface area contributed by atoms with Crippen molar-refractivity contribution < 1.29 is 4.55 Å². The molecular weight excluding hydrogens is 218 g/mol. The summed E-state index contributed by atoms with van der Waals surface area (Å²) in [5, 5.41) is 0.588. The molecule has 0 fully saturated rings. The summed E-state index contributed by atoms with van der Waals surface area (Å²) < 4.78 is 14.3. The molecule has 1 rings (SSSR count). The number of benzene rings is 1. The first-order chi connectivity index (χ1) is 6.41. The van der Waals surface area contributed by atoms with Crippen LogP contribution in [0.15, 0.2) is 24.3 Å². The quantitative estimate of drug-likeness (QED) is 0.794. The summed E-state index contributed by atoms with van der Waals surface area (Å²) in [6.07, 6.45) is 0. The third-order valence-corrected chi connectivity index (χ3v) is 3.48. The molecule has 0 amide bonds. The van der Waals surface area contributed by atoms with Crippen LogP contribution in [0.25, 0.3) is 0 Å². The number of nitrogens with one attached hydrogen (secondary N) is 1. The van der Waals surface area contributed by atoms with Crippen LogP contribution in [-0.4, -0.2) is 9.30 Å². The Balaban J connectivity index is 2.75. The average molecular weight is 232 g/mol.